The zero-order chi connectivity index (χ0) is 10.7. The van der Waals surface area contributed by atoms with Gasteiger partial charge in [0.25, 0.3) is 0 Å². The van der Waals surface area contributed by atoms with Gasteiger partial charge in [0.2, 0.25) is 0 Å². The van der Waals surface area contributed by atoms with E-state index in [1.807, 2.05) is 19.0 Å². The highest BCUT2D eigenvalue weighted by molar-refractivity contribution is 5.73. The summed E-state index contributed by atoms with van der Waals surface area (Å²) in [4.78, 5) is 15.4. The van der Waals surface area contributed by atoms with Crippen LogP contribution in [0.3, 0.4) is 0 Å². The highest BCUT2D eigenvalue weighted by atomic mass is 16.2. The van der Waals surface area contributed by atoms with Crippen molar-refractivity contribution in [2.75, 3.05) is 27.2 Å². The number of carbonyl (C=O) groups is 1. The number of piperidine rings is 1. The Morgan fingerprint density at radius 3 is 2.57 bits per heavy atom. The molecule has 2 amide bonds. The number of carbonyl (C=O) groups excluding carboxylic acids is 1. The lowest BCUT2D eigenvalue weighted by Crippen LogP contribution is -2.45. The second-order valence-electron chi connectivity index (χ2n) is 4.77. The first-order valence-electron chi connectivity index (χ1n) is 5.48. The van der Waals surface area contributed by atoms with Gasteiger partial charge in [-0.25, -0.2) is 4.79 Å². The Labute approximate surface area is 87.1 Å². The minimum Gasteiger partial charge on any atom is -0.331 e. The monoisotopic (exact) mass is 198 g/mol. The van der Waals surface area contributed by atoms with Gasteiger partial charge in [-0.15, -0.1) is 0 Å². The Balaban J connectivity index is 2.51. The van der Waals surface area contributed by atoms with Gasteiger partial charge in [0, 0.05) is 27.2 Å². The Morgan fingerprint density at radius 1 is 1.43 bits per heavy atom. The molecule has 0 aliphatic carbocycles. The van der Waals surface area contributed by atoms with Gasteiger partial charge in [0.15, 0.2) is 0 Å². The van der Waals surface area contributed by atoms with Crippen LogP contribution in [-0.4, -0.2) is 43.0 Å². The molecule has 14 heavy (non-hydrogen) atoms. The Bertz CT molecular complexity index is 201. The van der Waals surface area contributed by atoms with Crippen molar-refractivity contribution in [1.82, 2.24) is 9.80 Å². The van der Waals surface area contributed by atoms with E-state index in [1.54, 1.807) is 4.90 Å². The summed E-state index contributed by atoms with van der Waals surface area (Å²) in [6, 6.07) is 0.162. The van der Waals surface area contributed by atoms with Crippen molar-refractivity contribution >= 4 is 6.03 Å². The van der Waals surface area contributed by atoms with Gasteiger partial charge in [-0.3, -0.25) is 0 Å². The summed E-state index contributed by atoms with van der Waals surface area (Å²) in [7, 11) is 3.64. The highest BCUT2D eigenvalue weighted by Crippen LogP contribution is 2.23. The molecule has 1 atom stereocenters. The van der Waals surface area contributed by atoms with Crippen LogP contribution in [0, 0.1) is 11.8 Å². The van der Waals surface area contributed by atoms with Crippen molar-refractivity contribution in [2.45, 2.75) is 26.7 Å². The number of amides is 2. The van der Waals surface area contributed by atoms with Gasteiger partial charge in [-0.2, -0.15) is 0 Å². The standard InChI is InChI=1S/C11H22N2O/c1-9(2)10-6-5-7-13(8-10)11(14)12(3)4/h9-10H,5-8H2,1-4H3/t10-/m1/s1. The molecule has 3 heteroatoms. The molecule has 0 radical (unpaired) electrons. The summed E-state index contributed by atoms with van der Waals surface area (Å²) in [6.07, 6.45) is 2.43. The first kappa shape index (κ1) is 11.3. The summed E-state index contributed by atoms with van der Waals surface area (Å²) in [6.45, 7) is 6.36. The zero-order valence-electron chi connectivity index (χ0n) is 9.79. The van der Waals surface area contributed by atoms with E-state index in [4.69, 9.17) is 0 Å². The average Bonchev–Trinajstić information content (AvgIpc) is 2.16. The number of likely N-dealkylation sites (tertiary alicyclic amines) is 1. The third-order valence-electron chi connectivity index (χ3n) is 3.05. The molecule has 1 aliphatic heterocycles. The van der Waals surface area contributed by atoms with E-state index in [2.05, 4.69) is 13.8 Å². The van der Waals surface area contributed by atoms with Crippen molar-refractivity contribution in [3.63, 3.8) is 0 Å². The van der Waals surface area contributed by atoms with Gasteiger partial charge >= 0.3 is 6.03 Å². The Morgan fingerprint density at radius 2 is 2.07 bits per heavy atom. The van der Waals surface area contributed by atoms with E-state index >= 15 is 0 Å². The van der Waals surface area contributed by atoms with E-state index in [9.17, 15) is 4.79 Å². The summed E-state index contributed by atoms with van der Waals surface area (Å²) in [5.41, 5.74) is 0. The molecule has 1 saturated heterocycles. The van der Waals surface area contributed by atoms with Crippen LogP contribution in [0.4, 0.5) is 4.79 Å². The fourth-order valence-electron chi connectivity index (χ4n) is 2.01. The molecule has 0 aromatic rings. The van der Waals surface area contributed by atoms with Gasteiger partial charge in [-0.1, -0.05) is 13.8 Å². The number of hydrogen-bond donors (Lipinski definition) is 0. The van der Waals surface area contributed by atoms with Crippen LogP contribution in [0.1, 0.15) is 26.7 Å². The third kappa shape index (κ3) is 2.63. The molecule has 0 unspecified atom stereocenters. The smallest absolute Gasteiger partial charge is 0.319 e. The predicted octanol–water partition coefficient (Wildman–Crippen LogP) is 2.04. The van der Waals surface area contributed by atoms with Crippen molar-refractivity contribution in [3.05, 3.63) is 0 Å². The van der Waals surface area contributed by atoms with E-state index in [-0.39, 0.29) is 6.03 Å². The fraction of sp³-hybridized carbons (Fsp3) is 0.909. The van der Waals surface area contributed by atoms with Crippen molar-refractivity contribution < 1.29 is 4.79 Å². The summed E-state index contributed by atoms with van der Waals surface area (Å²) >= 11 is 0. The van der Waals surface area contributed by atoms with Crippen LogP contribution in [-0.2, 0) is 0 Å². The molecule has 0 spiro atoms. The molecule has 1 fully saturated rings. The van der Waals surface area contributed by atoms with Crippen LogP contribution in [0.5, 0.6) is 0 Å². The lowest BCUT2D eigenvalue weighted by Gasteiger charge is -2.36. The van der Waals surface area contributed by atoms with E-state index in [0.29, 0.717) is 11.8 Å². The van der Waals surface area contributed by atoms with Crippen molar-refractivity contribution in [2.24, 2.45) is 11.8 Å². The zero-order valence-corrected chi connectivity index (χ0v) is 9.79. The number of rotatable bonds is 1. The largest absolute Gasteiger partial charge is 0.331 e. The topological polar surface area (TPSA) is 23.6 Å². The predicted molar refractivity (Wildman–Crippen MR) is 58.2 cm³/mol. The summed E-state index contributed by atoms with van der Waals surface area (Å²) in [5.74, 6) is 1.38. The second kappa shape index (κ2) is 4.67. The molecule has 82 valence electrons. The van der Waals surface area contributed by atoms with E-state index in [0.717, 1.165) is 19.5 Å². The summed E-state index contributed by atoms with van der Waals surface area (Å²) in [5, 5.41) is 0. The van der Waals surface area contributed by atoms with Gasteiger partial charge in [-0.05, 0) is 24.7 Å². The molecule has 1 heterocycles. The molecule has 0 saturated carbocycles. The Hall–Kier alpha value is -0.730. The number of nitrogens with zero attached hydrogens (tertiary/aromatic N) is 2. The normalized spacial score (nSPS) is 22.6. The molecule has 0 aromatic carbocycles. The average molecular weight is 198 g/mol. The maximum atomic E-state index is 11.7. The lowest BCUT2D eigenvalue weighted by atomic mass is 9.88. The lowest BCUT2D eigenvalue weighted by molar-refractivity contribution is 0.130. The van der Waals surface area contributed by atoms with Crippen molar-refractivity contribution in [1.29, 1.82) is 0 Å². The highest BCUT2D eigenvalue weighted by Gasteiger charge is 2.25. The maximum Gasteiger partial charge on any atom is 0.319 e. The fourth-order valence-corrected chi connectivity index (χ4v) is 2.01. The maximum absolute atomic E-state index is 11.7. The van der Waals surface area contributed by atoms with Crippen LogP contribution in [0.2, 0.25) is 0 Å². The first-order valence-corrected chi connectivity index (χ1v) is 5.48. The first-order chi connectivity index (χ1) is 6.52. The third-order valence-corrected chi connectivity index (χ3v) is 3.05. The number of urea groups is 1. The molecule has 1 aliphatic rings. The molecule has 0 N–H and O–H groups in total. The van der Waals surface area contributed by atoms with Crippen molar-refractivity contribution in [3.8, 4) is 0 Å². The van der Waals surface area contributed by atoms with Crippen LogP contribution < -0.4 is 0 Å². The Kier molecular flexibility index (Phi) is 3.78. The molecule has 0 bridgehead atoms. The van der Waals surface area contributed by atoms with Gasteiger partial charge in [0.1, 0.15) is 0 Å². The molecular formula is C11H22N2O. The minimum absolute atomic E-state index is 0.162. The molecule has 1 rings (SSSR count). The number of hydrogen-bond acceptors (Lipinski definition) is 1. The van der Waals surface area contributed by atoms with Crippen LogP contribution >= 0.6 is 0 Å². The van der Waals surface area contributed by atoms with Gasteiger partial charge in [0.05, 0.1) is 0 Å². The van der Waals surface area contributed by atoms with E-state index < -0.39 is 0 Å². The second-order valence-corrected chi connectivity index (χ2v) is 4.77. The van der Waals surface area contributed by atoms with Gasteiger partial charge < -0.3 is 9.80 Å². The van der Waals surface area contributed by atoms with E-state index in [1.165, 1.54) is 6.42 Å². The molecular weight excluding hydrogens is 176 g/mol. The SMILES string of the molecule is CC(C)[C@@H]1CCCN(C(=O)N(C)C)C1. The minimum atomic E-state index is 0.162. The van der Waals surface area contributed by atoms with Crippen LogP contribution in [0.25, 0.3) is 0 Å². The molecule has 0 aromatic heterocycles. The quantitative estimate of drug-likeness (QED) is 0.632. The van der Waals surface area contributed by atoms with Crippen LogP contribution in [0.15, 0.2) is 0 Å². The molecule has 3 nitrogen and oxygen atoms in total. The summed E-state index contributed by atoms with van der Waals surface area (Å²) < 4.78 is 0.